The molecule has 0 amide bonds. The van der Waals surface area contributed by atoms with E-state index in [0.717, 1.165) is 22.8 Å². The number of thiocarbonyl (C=S) groups is 1. The van der Waals surface area contributed by atoms with Gasteiger partial charge in [0.1, 0.15) is 17.6 Å². The summed E-state index contributed by atoms with van der Waals surface area (Å²) in [5.74, 6) is 1.61. The third-order valence-corrected chi connectivity index (χ3v) is 5.39. The van der Waals surface area contributed by atoms with Gasteiger partial charge in [-0.15, -0.1) is 0 Å². The van der Waals surface area contributed by atoms with Crippen LogP contribution in [0, 0.1) is 0 Å². The molecule has 1 fully saturated rings. The molecular weight excluding hydrogens is 394 g/mol. The summed E-state index contributed by atoms with van der Waals surface area (Å²) in [6, 6.07) is 17.2. The fourth-order valence-electron chi connectivity index (χ4n) is 3.43. The molecule has 1 aliphatic rings. The SMILES string of the molecule is COCCN1C(=S)N[C@H](c2ccccn2)[C@H]1c1ccc(-c2ccc(Cl)cc2)o1. The summed E-state index contributed by atoms with van der Waals surface area (Å²) >= 11 is 11.6. The molecule has 0 unspecified atom stereocenters. The molecule has 0 aliphatic carbocycles. The van der Waals surface area contributed by atoms with Gasteiger partial charge in [0, 0.05) is 30.4 Å². The van der Waals surface area contributed by atoms with Gasteiger partial charge in [0.25, 0.3) is 0 Å². The Morgan fingerprint density at radius 3 is 2.71 bits per heavy atom. The van der Waals surface area contributed by atoms with Crippen molar-refractivity contribution in [2.75, 3.05) is 20.3 Å². The lowest BCUT2D eigenvalue weighted by Crippen LogP contribution is -2.32. The Hall–Kier alpha value is -2.41. The van der Waals surface area contributed by atoms with E-state index in [1.54, 1.807) is 13.3 Å². The van der Waals surface area contributed by atoms with E-state index in [0.29, 0.717) is 23.3 Å². The van der Waals surface area contributed by atoms with Crippen LogP contribution in [0.1, 0.15) is 23.5 Å². The van der Waals surface area contributed by atoms with Crippen molar-refractivity contribution in [3.63, 3.8) is 0 Å². The lowest BCUT2D eigenvalue weighted by atomic mass is 10.0. The van der Waals surface area contributed by atoms with Gasteiger partial charge in [-0.05, 0) is 60.7 Å². The number of nitrogens with zero attached hydrogens (tertiary/aromatic N) is 2. The molecule has 0 radical (unpaired) electrons. The van der Waals surface area contributed by atoms with Crippen LogP contribution in [0.4, 0.5) is 0 Å². The highest BCUT2D eigenvalue weighted by Gasteiger charge is 2.41. The molecule has 28 heavy (non-hydrogen) atoms. The van der Waals surface area contributed by atoms with Crippen molar-refractivity contribution in [2.24, 2.45) is 0 Å². The van der Waals surface area contributed by atoms with E-state index in [-0.39, 0.29) is 12.1 Å². The number of nitrogens with one attached hydrogen (secondary N) is 1. The summed E-state index contributed by atoms with van der Waals surface area (Å²) in [5, 5.41) is 4.76. The number of benzene rings is 1. The Balaban J connectivity index is 1.70. The van der Waals surface area contributed by atoms with Crippen LogP contribution in [-0.2, 0) is 4.74 Å². The van der Waals surface area contributed by atoms with E-state index >= 15 is 0 Å². The van der Waals surface area contributed by atoms with Gasteiger partial charge in [-0.3, -0.25) is 4.98 Å². The van der Waals surface area contributed by atoms with Gasteiger partial charge < -0.3 is 19.4 Å². The number of aromatic nitrogens is 1. The third kappa shape index (κ3) is 3.76. The molecular formula is C21H20ClN3O2S. The number of pyridine rings is 1. The molecule has 1 N–H and O–H groups in total. The van der Waals surface area contributed by atoms with E-state index in [2.05, 4.69) is 15.2 Å². The van der Waals surface area contributed by atoms with Gasteiger partial charge in [-0.2, -0.15) is 0 Å². The molecule has 2 atom stereocenters. The average Bonchev–Trinajstić information content (AvgIpc) is 3.32. The van der Waals surface area contributed by atoms with Crippen molar-refractivity contribution >= 4 is 28.9 Å². The Kier molecular flexibility index (Phi) is 5.62. The van der Waals surface area contributed by atoms with Crippen LogP contribution < -0.4 is 5.32 Å². The van der Waals surface area contributed by atoms with E-state index in [4.69, 9.17) is 33.0 Å². The summed E-state index contributed by atoms with van der Waals surface area (Å²) in [6.07, 6.45) is 1.79. The highest BCUT2D eigenvalue weighted by Crippen LogP contribution is 2.40. The van der Waals surface area contributed by atoms with Crippen LogP contribution in [0.5, 0.6) is 0 Å². The largest absolute Gasteiger partial charge is 0.459 e. The molecule has 0 bridgehead atoms. The summed E-state index contributed by atoms with van der Waals surface area (Å²) < 4.78 is 11.5. The van der Waals surface area contributed by atoms with Gasteiger partial charge >= 0.3 is 0 Å². The second-order valence-electron chi connectivity index (χ2n) is 6.52. The van der Waals surface area contributed by atoms with Crippen LogP contribution in [0.15, 0.2) is 65.2 Å². The lowest BCUT2D eigenvalue weighted by Gasteiger charge is -2.25. The molecule has 5 nitrogen and oxygen atoms in total. The van der Waals surface area contributed by atoms with Crippen molar-refractivity contribution in [3.05, 3.63) is 77.3 Å². The fraction of sp³-hybridized carbons (Fsp3) is 0.238. The predicted molar refractivity (Wildman–Crippen MR) is 113 cm³/mol. The maximum absolute atomic E-state index is 6.25. The maximum atomic E-state index is 6.25. The summed E-state index contributed by atoms with van der Waals surface area (Å²) in [4.78, 5) is 6.62. The summed E-state index contributed by atoms with van der Waals surface area (Å²) in [6.45, 7) is 1.23. The molecule has 3 heterocycles. The van der Waals surface area contributed by atoms with Crippen LogP contribution >= 0.6 is 23.8 Å². The van der Waals surface area contributed by atoms with E-state index < -0.39 is 0 Å². The molecule has 1 aromatic carbocycles. The van der Waals surface area contributed by atoms with Crippen LogP contribution in [0.3, 0.4) is 0 Å². The molecule has 7 heteroatoms. The normalized spacial score (nSPS) is 19.1. The van der Waals surface area contributed by atoms with Crippen molar-refractivity contribution in [1.29, 1.82) is 0 Å². The first-order chi connectivity index (χ1) is 13.7. The molecule has 0 saturated carbocycles. The molecule has 3 aromatic rings. The van der Waals surface area contributed by atoms with E-state index in [9.17, 15) is 0 Å². The van der Waals surface area contributed by atoms with Crippen molar-refractivity contribution in [2.45, 2.75) is 12.1 Å². The highest BCUT2D eigenvalue weighted by molar-refractivity contribution is 7.80. The highest BCUT2D eigenvalue weighted by atomic mass is 35.5. The van der Waals surface area contributed by atoms with E-state index in [1.165, 1.54) is 0 Å². The molecule has 2 aromatic heterocycles. The Morgan fingerprint density at radius 2 is 2.00 bits per heavy atom. The zero-order chi connectivity index (χ0) is 19.5. The minimum Gasteiger partial charge on any atom is -0.459 e. The van der Waals surface area contributed by atoms with Crippen LogP contribution in [-0.4, -0.2) is 35.3 Å². The van der Waals surface area contributed by atoms with E-state index in [1.807, 2.05) is 54.6 Å². The van der Waals surface area contributed by atoms with Crippen LogP contribution in [0.2, 0.25) is 5.02 Å². The zero-order valence-electron chi connectivity index (χ0n) is 15.3. The number of hydrogen-bond acceptors (Lipinski definition) is 4. The molecule has 0 spiro atoms. The Bertz CT molecular complexity index is 946. The van der Waals surface area contributed by atoms with Gasteiger partial charge in [-0.25, -0.2) is 0 Å². The maximum Gasteiger partial charge on any atom is 0.170 e. The molecule has 1 saturated heterocycles. The number of ether oxygens (including phenoxy) is 1. The minimum atomic E-state index is -0.112. The quantitative estimate of drug-likeness (QED) is 0.595. The van der Waals surface area contributed by atoms with Gasteiger partial charge in [0.2, 0.25) is 0 Å². The average molecular weight is 414 g/mol. The zero-order valence-corrected chi connectivity index (χ0v) is 16.9. The fourth-order valence-corrected chi connectivity index (χ4v) is 3.88. The number of hydrogen-bond donors (Lipinski definition) is 1. The van der Waals surface area contributed by atoms with Gasteiger partial charge in [-0.1, -0.05) is 17.7 Å². The van der Waals surface area contributed by atoms with Gasteiger partial charge in [0.15, 0.2) is 5.11 Å². The number of methoxy groups -OCH3 is 1. The smallest absolute Gasteiger partial charge is 0.170 e. The van der Waals surface area contributed by atoms with Crippen molar-refractivity contribution < 1.29 is 9.15 Å². The Labute approximate surface area is 174 Å². The third-order valence-electron chi connectivity index (χ3n) is 4.78. The Morgan fingerprint density at radius 1 is 1.18 bits per heavy atom. The second kappa shape index (κ2) is 8.31. The summed E-state index contributed by atoms with van der Waals surface area (Å²) in [7, 11) is 1.68. The van der Waals surface area contributed by atoms with Gasteiger partial charge in [0.05, 0.1) is 18.3 Å². The topological polar surface area (TPSA) is 50.5 Å². The lowest BCUT2D eigenvalue weighted by molar-refractivity contribution is 0.158. The molecule has 144 valence electrons. The number of halogens is 1. The summed E-state index contributed by atoms with van der Waals surface area (Å²) in [5.41, 5.74) is 1.89. The van der Waals surface area contributed by atoms with Crippen molar-refractivity contribution in [3.8, 4) is 11.3 Å². The standard InChI is InChI=1S/C21H20ClN3O2S/c1-26-13-12-25-20(19(24-21(25)28)16-4-2-3-11-23-16)18-10-9-17(27-18)14-5-7-15(22)8-6-14/h2-11,19-20H,12-13H2,1H3,(H,24,28)/t19-,20-/m1/s1. The number of rotatable bonds is 6. The molecule has 1 aliphatic heterocycles. The first kappa shape index (κ1) is 18.9. The van der Waals surface area contributed by atoms with Crippen molar-refractivity contribution in [1.82, 2.24) is 15.2 Å². The minimum absolute atomic E-state index is 0.102. The van der Waals surface area contributed by atoms with Crippen LogP contribution in [0.25, 0.3) is 11.3 Å². The first-order valence-electron chi connectivity index (χ1n) is 9.00. The first-order valence-corrected chi connectivity index (χ1v) is 9.78. The number of furan rings is 1. The predicted octanol–water partition coefficient (Wildman–Crippen LogP) is 4.61. The second-order valence-corrected chi connectivity index (χ2v) is 7.34. The molecule has 4 rings (SSSR count). The monoisotopic (exact) mass is 413 g/mol.